The van der Waals surface area contributed by atoms with Crippen molar-refractivity contribution in [1.82, 2.24) is 5.32 Å². The molecule has 0 radical (unpaired) electrons. The van der Waals surface area contributed by atoms with Crippen molar-refractivity contribution >= 4 is 23.5 Å². The van der Waals surface area contributed by atoms with Gasteiger partial charge in [0.05, 0.1) is 0 Å². The standard InChI is InChI=1S/C11H15ClN4O/c12-9-4-2-1-3-8(9)5-6-10(17)15-11-13-7-14-16-11/h5-6,8-9H,1-4,7H2,(H,13,15,17)/b6-5+. The van der Waals surface area contributed by atoms with Gasteiger partial charge in [-0.15, -0.1) is 16.7 Å². The molecule has 0 spiro atoms. The number of carbonyl (C=O) groups is 1. The highest BCUT2D eigenvalue weighted by atomic mass is 35.5. The average molecular weight is 255 g/mol. The number of azo groups is 1. The average Bonchev–Trinajstić information content (AvgIpc) is 2.81. The number of amides is 1. The van der Waals surface area contributed by atoms with Gasteiger partial charge in [-0.05, 0) is 24.8 Å². The van der Waals surface area contributed by atoms with Gasteiger partial charge in [0.1, 0.15) is 0 Å². The maximum Gasteiger partial charge on any atom is 0.250 e. The number of halogens is 1. The third kappa shape index (κ3) is 3.63. The van der Waals surface area contributed by atoms with Crippen LogP contribution >= 0.6 is 11.6 Å². The van der Waals surface area contributed by atoms with Crippen LogP contribution in [0, 0.1) is 5.92 Å². The van der Waals surface area contributed by atoms with Gasteiger partial charge in [-0.2, -0.15) is 5.11 Å². The number of allylic oxidation sites excluding steroid dienone is 1. The van der Waals surface area contributed by atoms with E-state index < -0.39 is 0 Å². The smallest absolute Gasteiger partial charge is 0.250 e. The summed E-state index contributed by atoms with van der Waals surface area (Å²) in [6.45, 7) is 0.297. The first kappa shape index (κ1) is 12.2. The molecule has 2 unspecified atom stereocenters. The van der Waals surface area contributed by atoms with Crippen molar-refractivity contribution in [2.45, 2.75) is 31.1 Å². The summed E-state index contributed by atoms with van der Waals surface area (Å²) in [6, 6.07) is 0. The number of hydrogen-bond acceptors (Lipinski definition) is 4. The fourth-order valence-electron chi connectivity index (χ4n) is 1.99. The number of rotatable bonds is 2. The van der Waals surface area contributed by atoms with E-state index in [-0.39, 0.29) is 17.2 Å². The molecule has 2 aliphatic rings. The Morgan fingerprint density at radius 1 is 1.41 bits per heavy atom. The number of alkyl halides is 1. The van der Waals surface area contributed by atoms with E-state index in [1.807, 2.05) is 6.08 Å². The van der Waals surface area contributed by atoms with E-state index in [0.717, 1.165) is 12.8 Å². The Kier molecular flexibility index (Phi) is 4.25. The van der Waals surface area contributed by atoms with E-state index in [2.05, 4.69) is 20.5 Å². The molecular weight excluding hydrogens is 240 g/mol. The second-order valence-corrected chi connectivity index (χ2v) is 4.74. The molecule has 2 atom stereocenters. The van der Waals surface area contributed by atoms with E-state index in [1.54, 1.807) is 0 Å². The number of carbonyl (C=O) groups excluding carboxylic acids is 1. The Hall–Kier alpha value is -1.23. The molecule has 2 rings (SSSR count). The van der Waals surface area contributed by atoms with Gasteiger partial charge in [0.25, 0.3) is 0 Å². The Morgan fingerprint density at radius 3 is 2.94 bits per heavy atom. The first-order valence-corrected chi connectivity index (χ1v) is 6.24. The molecule has 92 valence electrons. The molecule has 1 fully saturated rings. The van der Waals surface area contributed by atoms with Gasteiger partial charge < -0.3 is 0 Å². The summed E-state index contributed by atoms with van der Waals surface area (Å²) in [5, 5.41) is 10.0. The van der Waals surface area contributed by atoms with Crippen LogP contribution in [0.3, 0.4) is 0 Å². The lowest BCUT2D eigenvalue weighted by Gasteiger charge is -2.23. The van der Waals surface area contributed by atoms with Crippen LogP contribution < -0.4 is 5.32 Å². The Balaban J connectivity index is 1.82. The minimum Gasteiger partial charge on any atom is -0.290 e. The van der Waals surface area contributed by atoms with Gasteiger partial charge in [0, 0.05) is 5.38 Å². The van der Waals surface area contributed by atoms with E-state index in [0.29, 0.717) is 12.6 Å². The molecule has 0 aromatic heterocycles. The lowest BCUT2D eigenvalue weighted by molar-refractivity contribution is -0.115. The van der Waals surface area contributed by atoms with Gasteiger partial charge in [-0.3, -0.25) is 10.1 Å². The zero-order valence-corrected chi connectivity index (χ0v) is 10.2. The van der Waals surface area contributed by atoms with Crippen LogP contribution in [0.5, 0.6) is 0 Å². The van der Waals surface area contributed by atoms with Crippen molar-refractivity contribution in [3.8, 4) is 0 Å². The van der Waals surface area contributed by atoms with Gasteiger partial charge in [-0.25, -0.2) is 4.99 Å². The van der Waals surface area contributed by atoms with Crippen molar-refractivity contribution in [3.05, 3.63) is 12.2 Å². The number of aliphatic imine (C=N–C) groups is 1. The van der Waals surface area contributed by atoms with Crippen LogP contribution in [-0.4, -0.2) is 23.9 Å². The van der Waals surface area contributed by atoms with Crippen LogP contribution in [0.1, 0.15) is 25.7 Å². The monoisotopic (exact) mass is 254 g/mol. The van der Waals surface area contributed by atoms with Crippen molar-refractivity contribution in [2.24, 2.45) is 21.1 Å². The zero-order valence-electron chi connectivity index (χ0n) is 9.47. The SMILES string of the molecule is O=C(/C=C/C1CCCCC1Cl)NC1=NCN=N1. The van der Waals surface area contributed by atoms with Gasteiger partial charge in [-0.1, -0.05) is 18.9 Å². The fourth-order valence-corrected chi connectivity index (χ4v) is 2.35. The minimum atomic E-state index is -0.223. The summed E-state index contributed by atoms with van der Waals surface area (Å²) >= 11 is 6.20. The maximum atomic E-state index is 11.5. The predicted molar refractivity (Wildman–Crippen MR) is 66.0 cm³/mol. The molecule has 1 amide bonds. The molecule has 1 heterocycles. The van der Waals surface area contributed by atoms with E-state index in [9.17, 15) is 4.79 Å². The first-order chi connectivity index (χ1) is 8.25. The summed E-state index contributed by atoms with van der Waals surface area (Å²) in [4.78, 5) is 15.4. The van der Waals surface area contributed by atoms with Crippen molar-refractivity contribution in [2.75, 3.05) is 6.67 Å². The highest BCUT2D eigenvalue weighted by Gasteiger charge is 2.20. The van der Waals surface area contributed by atoms with Gasteiger partial charge in [0.15, 0.2) is 6.67 Å². The molecule has 5 nitrogen and oxygen atoms in total. The van der Waals surface area contributed by atoms with Crippen LogP contribution in [0.2, 0.25) is 0 Å². The molecule has 0 aromatic rings. The summed E-state index contributed by atoms with van der Waals surface area (Å²) in [7, 11) is 0. The second-order valence-electron chi connectivity index (χ2n) is 4.18. The molecule has 0 aromatic carbocycles. The summed E-state index contributed by atoms with van der Waals surface area (Å²) in [5.74, 6) is 0.355. The molecule has 1 aliphatic heterocycles. The van der Waals surface area contributed by atoms with E-state index >= 15 is 0 Å². The molecule has 1 N–H and O–H groups in total. The minimum absolute atomic E-state index is 0.149. The Bertz CT molecular complexity index is 378. The summed E-state index contributed by atoms with van der Waals surface area (Å²) in [6.07, 6.45) is 7.85. The predicted octanol–water partition coefficient (Wildman–Crippen LogP) is 2.24. The van der Waals surface area contributed by atoms with Crippen molar-refractivity contribution in [1.29, 1.82) is 0 Å². The molecule has 1 saturated carbocycles. The lowest BCUT2D eigenvalue weighted by Crippen LogP contribution is -2.27. The second kappa shape index (κ2) is 5.91. The summed E-state index contributed by atoms with van der Waals surface area (Å²) in [5.41, 5.74) is 0. The fraction of sp³-hybridized carbons (Fsp3) is 0.636. The number of nitrogens with one attached hydrogen (secondary N) is 1. The highest BCUT2D eigenvalue weighted by molar-refractivity contribution is 6.21. The van der Waals surface area contributed by atoms with E-state index in [1.165, 1.54) is 18.9 Å². The Labute approximate surface area is 105 Å². The molecule has 0 bridgehead atoms. The quantitative estimate of drug-likeness (QED) is 0.596. The van der Waals surface area contributed by atoms with Crippen molar-refractivity contribution in [3.63, 3.8) is 0 Å². The van der Waals surface area contributed by atoms with E-state index in [4.69, 9.17) is 11.6 Å². The van der Waals surface area contributed by atoms with Gasteiger partial charge >= 0.3 is 0 Å². The molecule has 6 heteroatoms. The molecular formula is C11H15ClN4O. The number of nitrogens with zero attached hydrogens (tertiary/aromatic N) is 3. The number of guanidine groups is 1. The maximum absolute atomic E-state index is 11.5. The largest absolute Gasteiger partial charge is 0.290 e. The van der Waals surface area contributed by atoms with Crippen LogP contribution in [-0.2, 0) is 4.79 Å². The third-order valence-electron chi connectivity index (χ3n) is 2.91. The summed E-state index contributed by atoms with van der Waals surface area (Å²) < 4.78 is 0. The first-order valence-electron chi connectivity index (χ1n) is 5.81. The van der Waals surface area contributed by atoms with Gasteiger partial charge in [0.2, 0.25) is 11.9 Å². The topological polar surface area (TPSA) is 66.2 Å². The van der Waals surface area contributed by atoms with Crippen LogP contribution in [0.15, 0.2) is 27.4 Å². The molecule has 1 aliphatic carbocycles. The molecule has 0 saturated heterocycles. The number of hydrogen-bond donors (Lipinski definition) is 1. The van der Waals surface area contributed by atoms with Crippen LogP contribution in [0.25, 0.3) is 0 Å². The van der Waals surface area contributed by atoms with Crippen molar-refractivity contribution < 1.29 is 4.79 Å². The van der Waals surface area contributed by atoms with Crippen LogP contribution in [0.4, 0.5) is 0 Å². The third-order valence-corrected chi connectivity index (χ3v) is 3.45. The molecule has 17 heavy (non-hydrogen) atoms. The zero-order chi connectivity index (χ0) is 12.1. The lowest BCUT2D eigenvalue weighted by atomic mass is 9.88. The Morgan fingerprint density at radius 2 is 2.24 bits per heavy atom. The highest BCUT2D eigenvalue weighted by Crippen LogP contribution is 2.29. The normalized spacial score (nSPS) is 28.4.